The smallest absolute Gasteiger partial charge is 0.129 e. The van der Waals surface area contributed by atoms with Crippen LogP contribution in [-0.2, 0) is 4.79 Å². The Kier molecular flexibility index (Phi) is 6.50. The van der Waals surface area contributed by atoms with Crippen LogP contribution in [0, 0.1) is 20.8 Å². The Labute approximate surface area is 92.0 Å². The van der Waals surface area contributed by atoms with Gasteiger partial charge in [0.25, 0.3) is 0 Å². The van der Waals surface area contributed by atoms with E-state index in [0.29, 0.717) is 0 Å². The number of Topliss-reactive ketones (excluding diaryl/α,β-unsaturated/α-hetero) is 1. The van der Waals surface area contributed by atoms with E-state index in [1.165, 1.54) is 0 Å². The average Bonchev–Trinajstić information content (AvgIpc) is 2.13. The Morgan fingerprint density at radius 2 is 1.87 bits per heavy atom. The average molecular weight is 208 g/mol. The lowest BCUT2D eigenvalue weighted by Gasteiger charge is -1.96. The molecule has 0 aromatic carbocycles. The van der Waals surface area contributed by atoms with Gasteiger partial charge >= 0.3 is 0 Å². The van der Waals surface area contributed by atoms with Crippen molar-refractivity contribution in [2.75, 3.05) is 0 Å². The highest BCUT2D eigenvalue weighted by atomic mass is 16.1. The molecule has 1 aromatic heterocycles. The number of carbonyl (C=O) groups is 1. The quantitative estimate of drug-likeness (QED) is 0.750. The number of aromatic nitrogens is 2. The van der Waals surface area contributed by atoms with Crippen molar-refractivity contribution in [1.29, 1.82) is 0 Å². The summed E-state index contributed by atoms with van der Waals surface area (Å²) in [6.07, 6.45) is 3.50. The standard InChI is InChI=1S/C7H10N2.C5H10O/c1-5-4-8-6(2)7(3)9-5;1-3-4-5(2)6/h4H,1-3H3;3-4H2,1-2H3. The molecule has 0 fully saturated rings. The van der Waals surface area contributed by atoms with Crippen molar-refractivity contribution in [3.05, 3.63) is 23.3 Å². The van der Waals surface area contributed by atoms with Gasteiger partial charge in [0.05, 0.1) is 17.1 Å². The molecule has 0 atom stereocenters. The van der Waals surface area contributed by atoms with Crippen molar-refractivity contribution in [2.24, 2.45) is 0 Å². The highest BCUT2D eigenvalue weighted by molar-refractivity contribution is 5.75. The summed E-state index contributed by atoms with van der Waals surface area (Å²) in [7, 11) is 0. The predicted molar refractivity (Wildman–Crippen MR) is 61.8 cm³/mol. The summed E-state index contributed by atoms with van der Waals surface area (Å²) in [6.45, 7) is 9.49. The number of aryl methyl sites for hydroxylation is 3. The van der Waals surface area contributed by atoms with E-state index in [-0.39, 0.29) is 5.78 Å². The first-order valence-corrected chi connectivity index (χ1v) is 5.23. The van der Waals surface area contributed by atoms with Crippen LogP contribution in [-0.4, -0.2) is 15.8 Å². The minimum atomic E-state index is 0.289. The zero-order valence-corrected chi connectivity index (χ0v) is 10.3. The second-order valence-electron chi connectivity index (χ2n) is 3.63. The highest BCUT2D eigenvalue weighted by Crippen LogP contribution is 1.98. The zero-order valence-electron chi connectivity index (χ0n) is 10.3. The normalized spacial score (nSPS) is 9.13. The third-order valence-corrected chi connectivity index (χ3v) is 1.91. The van der Waals surface area contributed by atoms with Gasteiger partial charge < -0.3 is 4.79 Å². The number of hydrogen-bond donors (Lipinski definition) is 0. The van der Waals surface area contributed by atoms with Crippen LogP contribution >= 0.6 is 0 Å². The number of hydrogen-bond acceptors (Lipinski definition) is 3. The summed E-state index contributed by atoms with van der Waals surface area (Å²) in [5.74, 6) is 0.289. The van der Waals surface area contributed by atoms with Gasteiger partial charge in [-0.15, -0.1) is 0 Å². The molecule has 0 unspecified atom stereocenters. The fourth-order valence-electron chi connectivity index (χ4n) is 1.01. The molecule has 0 aliphatic carbocycles. The second-order valence-corrected chi connectivity index (χ2v) is 3.63. The molecule has 3 nitrogen and oxygen atoms in total. The van der Waals surface area contributed by atoms with E-state index in [1.807, 2.05) is 27.7 Å². The third kappa shape index (κ3) is 6.77. The molecule has 0 aliphatic rings. The molecule has 0 bridgehead atoms. The maximum absolute atomic E-state index is 10.0. The lowest BCUT2D eigenvalue weighted by atomic mass is 10.3. The lowest BCUT2D eigenvalue weighted by Crippen LogP contribution is -1.92. The Hall–Kier alpha value is -1.25. The summed E-state index contributed by atoms with van der Waals surface area (Å²) < 4.78 is 0. The molecule has 15 heavy (non-hydrogen) atoms. The van der Waals surface area contributed by atoms with E-state index in [4.69, 9.17) is 0 Å². The van der Waals surface area contributed by atoms with Gasteiger partial charge in [-0.3, -0.25) is 9.97 Å². The highest BCUT2D eigenvalue weighted by Gasteiger charge is 1.92. The van der Waals surface area contributed by atoms with E-state index >= 15 is 0 Å². The second kappa shape index (κ2) is 7.10. The zero-order chi connectivity index (χ0) is 11.8. The maximum Gasteiger partial charge on any atom is 0.129 e. The van der Waals surface area contributed by atoms with Crippen molar-refractivity contribution >= 4 is 5.78 Å². The SMILES string of the molecule is CCCC(C)=O.Cc1cnc(C)c(C)n1. The molecule has 1 aromatic rings. The molecule has 1 rings (SSSR count). The van der Waals surface area contributed by atoms with Gasteiger partial charge in [-0.05, 0) is 34.1 Å². The summed E-state index contributed by atoms with van der Waals surface area (Å²) >= 11 is 0. The van der Waals surface area contributed by atoms with Gasteiger partial charge in [0.1, 0.15) is 5.78 Å². The third-order valence-electron chi connectivity index (χ3n) is 1.91. The number of carbonyl (C=O) groups excluding carboxylic acids is 1. The molecule has 0 aliphatic heterocycles. The van der Waals surface area contributed by atoms with Crippen LogP contribution in [0.2, 0.25) is 0 Å². The molecule has 0 radical (unpaired) electrons. The molecule has 84 valence electrons. The van der Waals surface area contributed by atoms with Crippen molar-refractivity contribution in [3.63, 3.8) is 0 Å². The van der Waals surface area contributed by atoms with Crippen LogP contribution < -0.4 is 0 Å². The van der Waals surface area contributed by atoms with Crippen molar-refractivity contribution in [3.8, 4) is 0 Å². The van der Waals surface area contributed by atoms with Crippen LogP contribution in [0.1, 0.15) is 43.8 Å². The predicted octanol–water partition coefficient (Wildman–Crippen LogP) is 2.78. The van der Waals surface area contributed by atoms with Crippen LogP contribution in [0.15, 0.2) is 6.20 Å². The van der Waals surface area contributed by atoms with Crippen LogP contribution in [0.4, 0.5) is 0 Å². The molecule has 0 spiro atoms. The van der Waals surface area contributed by atoms with Gasteiger partial charge in [-0.2, -0.15) is 0 Å². The molecule has 0 N–H and O–H groups in total. The summed E-state index contributed by atoms with van der Waals surface area (Å²) in [4.78, 5) is 18.4. The molecule has 3 heteroatoms. The number of ketones is 1. The van der Waals surface area contributed by atoms with E-state index in [9.17, 15) is 4.79 Å². The van der Waals surface area contributed by atoms with E-state index in [0.717, 1.165) is 29.9 Å². The van der Waals surface area contributed by atoms with Crippen LogP contribution in [0.25, 0.3) is 0 Å². The maximum atomic E-state index is 10.0. The Morgan fingerprint density at radius 1 is 1.27 bits per heavy atom. The minimum absolute atomic E-state index is 0.289. The van der Waals surface area contributed by atoms with Gasteiger partial charge in [0.15, 0.2) is 0 Å². The van der Waals surface area contributed by atoms with Crippen LogP contribution in [0.3, 0.4) is 0 Å². The Morgan fingerprint density at radius 3 is 2.13 bits per heavy atom. The lowest BCUT2D eigenvalue weighted by molar-refractivity contribution is -0.117. The van der Waals surface area contributed by atoms with Crippen molar-refractivity contribution in [1.82, 2.24) is 9.97 Å². The summed E-state index contributed by atoms with van der Waals surface area (Å²) in [5, 5.41) is 0. The number of nitrogens with zero attached hydrogens (tertiary/aromatic N) is 2. The fraction of sp³-hybridized carbons (Fsp3) is 0.583. The summed E-state index contributed by atoms with van der Waals surface area (Å²) in [5.41, 5.74) is 3.02. The van der Waals surface area contributed by atoms with Gasteiger partial charge in [0, 0.05) is 12.6 Å². The fourth-order valence-corrected chi connectivity index (χ4v) is 1.01. The Balaban J connectivity index is 0.000000288. The topological polar surface area (TPSA) is 42.9 Å². The van der Waals surface area contributed by atoms with E-state index in [2.05, 4.69) is 9.97 Å². The first-order chi connectivity index (χ1) is 6.97. The largest absolute Gasteiger partial charge is 0.300 e. The van der Waals surface area contributed by atoms with Gasteiger partial charge in [-0.25, -0.2) is 0 Å². The first kappa shape index (κ1) is 13.8. The molecule has 0 saturated heterocycles. The van der Waals surface area contributed by atoms with Crippen molar-refractivity contribution < 1.29 is 4.79 Å². The molecule has 1 heterocycles. The molecular weight excluding hydrogens is 188 g/mol. The molecule has 0 saturated carbocycles. The summed E-state index contributed by atoms with van der Waals surface area (Å²) in [6, 6.07) is 0. The van der Waals surface area contributed by atoms with E-state index < -0.39 is 0 Å². The van der Waals surface area contributed by atoms with Gasteiger partial charge in [-0.1, -0.05) is 6.92 Å². The van der Waals surface area contributed by atoms with Crippen LogP contribution in [0.5, 0.6) is 0 Å². The monoisotopic (exact) mass is 208 g/mol. The Bertz CT molecular complexity index is 321. The number of rotatable bonds is 2. The molecule has 0 amide bonds. The van der Waals surface area contributed by atoms with Gasteiger partial charge in [0.2, 0.25) is 0 Å². The first-order valence-electron chi connectivity index (χ1n) is 5.23. The van der Waals surface area contributed by atoms with Crippen molar-refractivity contribution in [2.45, 2.75) is 47.5 Å². The van der Waals surface area contributed by atoms with E-state index in [1.54, 1.807) is 13.1 Å². The minimum Gasteiger partial charge on any atom is -0.300 e. The molecular formula is C12H20N2O.